The Morgan fingerprint density at radius 3 is 2.22 bits per heavy atom. The minimum atomic E-state index is -1.21. The van der Waals surface area contributed by atoms with Gasteiger partial charge in [-0.25, -0.2) is 4.79 Å². The average molecular weight is 409 g/mol. The van der Waals surface area contributed by atoms with Crippen LogP contribution in [-0.2, 0) is 10.3 Å². The largest absolute Gasteiger partial charge is 0.491 e. The van der Waals surface area contributed by atoms with Gasteiger partial charge >= 0.3 is 6.03 Å². The zero-order valence-corrected chi connectivity index (χ0v) is 16.0. The summed E-state index contributed by atoms with van der Waals surface area (Å²) in [6.45, 7) is 1.37. The summed E-state index contributed by atoms with van der Waals surface area (Å²) < 4.78 is 5.46. The van der Waals surface area contributed by atoms with Crippen molar-refractivity contribution >= 4 is 35.1 Å². The number of aliphatic hydroxyl groups excluding tert-OH is 1. The molecule has 142 valence electrons. The summed E-state index contributed by atoms with van der Waals surface area (Å²) in [6.07, 6.45) is -1.04. The molecule has 0 spiro atoms. The molecule has 0 aliphatic carbocycles. The highest BCUT2D eigenvalue weighted by atomic mass is 35.5. The summed E-state index contributed by atoms with van der Waals surface area (Å²) in [4.78, 5) is 26.1. The third-order valence-electron chi connectivity index (χ3n) is 4.35. The number of rotatable bonds is 6. The molecule has 6 nitrogen and oxygen atoms in total. The molecule has 2 unspecified atom stereocenters. The predicted molar refractivity (Wildman–Crippen MR) is 102 cm³/mol. The quantitative estimate of drug-likeness (QED) is 0.719. The summed E-state index contributed by atoms with van der Waals surface area (Å²) in [5, 5.41) is 14.0. The molecule has 3 amide bonds. The van der Waals surface area contributed by atoms with E-state index in [1.807, 2.05) is 0 Å². The lowest BCUT2D eigenvalue weighted by molar-refractivity contribution is -0.132. The van der Waals surface area contributed by atoms with E-state index >= 15 is 0 Å². The number of carbonyl (C=O) groups excluding carboxylic acids is 2. The Balaban J connectivity index is 1.64. The van der Waals surface area contributed by atoms with E-state index in [1.165, 1.54) is 0 Å². The Morgan fingerprint density at radius 1 is 1.07 bits per heavy atom. The molecule has 1 fully saturated rings. The van der Waals surface area contributed by atoms with E-state index < -0.39 is 23.6 Å². The van der Waals surface area contributed by atoms with Crippen LogP contribution < -0.4 is 10.1 Å². The van der Waals surface area contributed by atoms with Crippen molar-refractivity contribution in [3.63, 3.8) is 0 Å². The van der Waals surface area contributed by atoms with Crippen LogP contribution in [-0.4, -0.2) is 41.2 Å². The fourth-order valence-corrected chi connectivity index (χ4v) is 3.08. The number of benzene rings is 2. The van der Waals surface area contributed by atoms with Crippen molar-refractivity contribution in [2.45, 2.75) is 18.6 Å². The highest BCUT2D eigenvalue weighted by Gasteiger charge is 2.49. The molecule has 0 radical (unpaired) electrons. The molecule has 3 rings (SSSR count). The third kappa shape index (κ3) is 4.18. The predicted octanol–water partition coefficient (Wildman–Crippen LogP) is 3.20. The van der Waals surface area contributed by atoms with Crippen LogP contribution in [0.5, 0.6) is 5.75 Å². The molecule has 27 heavy (non-hydrogen) atoms. The standard InChI is InChI=1S/C19H18Cl2N2O4/c1-19(12-2-4-13(20)5-3-12)17(25)23(18(26)22-19)10-15(24)11-27-16-8-6-14(21)7-9-16/h2-9,15,24H,10-11H2,1H3,(H,22,26). The average Bonchev–Trinajstić information content (AvgIpc) is 2.86. The van der Waals surface area contributed by atoms with Crippen molar-refractivity contribution in [3.05, 3.63) is 64.1 Å². The van der Waals surface area contributed by atoms with Crippen LogP contribution in [0.4, 0.5) is 4.79 Å². The van der Waals surface area contributed by atoms with Crippen LogP contribution in [0.25, 0.3) is 0 Å². The van der Waals surface area contributed by atoms with Crippen molar-refractivity contribution in [2.75, 3.05) is 13.2 Å². The molecule has 1 heterocycles. The van der Waals surface area contributed by atoms with Crippen LogP contribution >= 0.6 is 23.2 Å². The van der Waals surface area contributed by atoms with Gasteiger partial charge in [0.1, 0.15) is 24.0 Å². The molecule has 2 atom stereocenters. The van der Waals surface area contributed by atoms with Gasteiger partial charge in [0.05, 0.1) is 6.54 Å². The number of hydrogen-bond donors (Lipinski definition) is 2. The number of urea groups is 1. The van der Waals surface area contributed by atoms with Crippen LogP contribution in [0, 0.1) is 0 Å². The number of β-amino-alcohol motifs (C(OH)–C–C–N with tert-alkyl or cyclic N) is 1. The number of aliphatic hydroxyl groups is 1. The number of hydrogen-bond acceptors (Lipinski definition) is 4. The first kappa shape index (κ1) is 19.5. The second-order valence-corrected chi connectivity index (χ2v) is 7.27. The number of nitrogens with one attached hydrogen (secondary N) is 1. The summed E-state index contributed by atoms with van der Waals surface area (Å²) in [7, 11) is 0. The fraction of sp³-hybridized carbons (Fsp3) is 0.263. The summed E-state index contributed by atoms with van der Waals surface area (Å²) in [6, 6.07) is 12.8. The Bertz CT molecular complexity index is 842. The van der Waals surface area contributed by atoms with Gasteiger partial charge in [-0.2, -0.15) is 0 Å². The van der Waals surface area contributed by atoms with Crippen LogP contribution in [0.2, 0.25) is 10.0 Å². The second kappa shape index (κ2) is 7.76. The van der Waals surface area contributed by atoms with Gasteiger partial charge in [0.25, 0.3) is 5.91 Å². The Kier molecular flexibility index (Phi) is 5.60. The maximum atomic E-state index is 12.8. The van der Waals surface area contributed by atoms with Gasteiger partial charge < -0.3 is 15.2 Å². The number of nitrogens with zero attached hydrogens (tertiary/aromatic N) is 1. The van der Waals surface area contributed by atoms with Gasteiger partial charge in [0.2, 0.25) is 0 Å². The highest BCUT2D eigenvalue weighted by Crippen LogP contribution is 2.29. The van der Waals surface area contributed by atoms with Gasteiger partial charge in [-0.15, -0.1) is 0 Å². The molecule has 1 aliphatic rings. The Hall–Kier alpha value is -2.28. The van der Waals surface area contributed by atoms with E-state index in [0.717, 1.165) is 4.90 Å². The SMILES string of the molecule is CC1(c2ccc(Cl)cc2)NC(=O)N(CC(O)COc2ccc(Cl)cc2)C1=O. The van der Waals surface area contributed by atoms with Crippen molar-refractivity contribution in [2.24, 2.45) is 0 Å². The second-order valence-electron chi connectivity index (χ2n) is 6.40. The maximum absolute atomic E-state index is 12.8. The number of ether oxygens (including phenoxy) is 1. The van der Waals surface area contributed by atoms with Gasteiger partial charge in [0.15, 0.2) is 0 Å². The minimum Gasteiger partial charge on any atom is -0.491 e. The molecule has 1 saturated heterocycles. The molecule has 0 aromatic heterocycles. The van der Waals surface area contributed by atoms with Gasteiger partial charge in [-0.3, -0.25) is 9.69 Å². The lowest BCUT2D eigenvalue weighted by Gasteiger charge is -2.23. The first-order valence-electron chi connectivity index (χ1n) is 8.26. The molecule has 8 heteroatoms. The summed E-state index contributed by atoms with van der Waals surface area (Å²) >= 11 is 11.7. The van der Waals surface area contributed by atoms with E-state index in [4.69, 9.17) is 27.9 Å². The maximum Gasteiger partial charge on any atom is 0.325 e. The monoisotopic (exact) mass is 408 g/mol. The van der Waals surface area contributed by atoms with Gasteiger partial charge in [-0.1, -0.05) is 35.3 Å². The number of amides is 3. The number of imide groups is 1. The van der Waals surface area contributed by atoms with E-state index in [0.29, 0.717) is 21.4 Å². The molecule has 0 bridgehead atoms. The fourth-order valence-electron chi connectivity index (χ4n) is 2.83. The molecular formula is C19H18Cl2N2O4. The van der Waals surface area contributed by atoms with Crippen LogP contribution in [0.1, 0.15) is 12.5 Å². The molecular weight excluding hydrogens is 391 g/mol. The third-order valence-corrected chi connectivity index (χ3v) is 4.85. The summed E-state index contributed by atoms with van der Waals surface area (Å²) in [5.74, 6) is 0.0852. The van der Waals surface area contributed by atoms with E-state index in [1.54, 1.807) is 55.5 Å². The van der Waals surface area contributed by atoms with Gasteiger partial charge in [0, 0.05) is 10.0 Å². The normalized spacial score (nSPS) is 20.5. The topological polar surface area (TPSA) is 78.9 Å². The first-order valence-corrected chi connectivity index (χ1v) is 9.02. The van der Waals surface area contributed by atoms with Crippen molar-refractivity contribution < 1.29 is 19.4 Å². The molecule has 2 aromatic carbocycles. The zero-order chi connectivity index (χ0) is 19.6. The lowest BCUT2D eigenvalue weighted by atomic mass is 9.92. The number of carbonyl (C=O) groups is 2. The molecule has 0 saturated carbocycles. The lowest BCUT2D eigenvalue weighted by Crippen LogP contribution is -2.42. The van der Waals surface area contributed by atoms with Crippen LogP contribution in [0.3, 0.4) is 0 Å². The number of halogens is 2. The Morgan fingerprint density at radius 2 is 1.63 bits per heavy atom. The summed E-state index contributed by atoms with van der Waals surface area (Å²) in [5.41, 5.74) is -0.599. The van der Waals surface area contributed by atoms with E-state index in [2.05, 4.69) is 5.32 Å². The van der Waals surface area contributed by atoms with Crippen molar-refractivity contribution in [1.82, 2.24) is 10.2 Å². The van der Waals surface area contributed by atoms with Crippen LogP contribution in [0.15, 0.2) is 48.5 Å². The van der Waals surface area contributed by atoms with Crippen molar-refractivity contribution in [3.8, 4) is 5.75 Å². The first-order chi connectivity index (χ1) is 12.8. The smallest absolute Gasteiger partial charge is 0.325 e. The molecule has 2 aromatic rings. The molecule has 1 aliphatic heterocycles. The Labute approximate surface area is 166 Å². The highest BCUT2D eigenvalue weighted by molar-refractivity contribution is 6.30. The molecule has 2 N–H and O–H groups in total. The van der Waals surface area contributed by atoms with Crippen molar-refractivity contribution in [1.29, 1.82) is 0 Å². The van der Waals surface area contributed by atoms with E-state index in [-0.39, 0.29) is 13.2 Å². The van der Waals surface area contributed by atoms with Gasteiger partial charge in [-0.05, 0) is 48.9 Å². The zero-order valence-electron chi connectivity index (χ0n) is 14.5. The minimum absolute atomic E-state index is 0.0731. The van der Waals surface area contributed by atoms with E-state index in [9.17, 15) is 14.7 Å².